The Kier molecular flexibility index (Phi) is 3.25. The van der Waals surface area contributed by atoms with Crippen LogP contribution in [0.15, 0.2) is 24.8 Å². The topological polar surface area (TPSA) is 130 Å². The standard InChI is InChI=1S/C18H18N8O/c19-5-4-18(8-25(9-18)17(27)11-1-2-11)26-7-13(15(20)24-26)14-12-3-6-21-16(12)23-10-22-14/h3,6-7,10-11H,1-2,4,8-9H2,(H2,20,24)(H,21,22,23). The number of nitrogens with one attached hydrogen (secondary N) is 1. The van der Waals surface area contributed by atoms with Crippen molar-refractivity contribution >= 4 is 22.8 Å². The maximum atomic E-state index is 12.3. The molecule has 2 fully saturated rings. The third-order valence-corrected chi connectivity index (χ3v) is 5.45. The van der Waals surface area contributed by atoms with Crippen molar-refractivity contribution in [3.8, 4) is 17.3 Å². The van der Waals surface area contributed by atoms with E-state index in [1.54, 1.807) is 10.9 Å². The fourth-order valence-electron chi connectivity index (χ4n) is 3.79. The molecular formula is C18H18N8O. The second kappa shape index (κ2) is 5.54. The fraction of sp³-hybridized carbons (Fsp3) is 0.389. The lowest BCUT2D eigenvalue weighted by Crippen LogP contribution is -2.64. The van der Waals surface area contributed by atoms with Gasteiger partial charge in [-0.15, -0.1) is 0 Å². The van der Waals surface area contributed by atoms with Crippen LogP contribution in [0.1, 0.15) is 19.3 Å². The number of nitrogen functional groups attached to an aromatic ring is 1. The Balaban J connectivity index is 1.50. The van der Waals surface area contributed by atoms with Crippen LogP contribution in [0.5, 0.6) is 0 Å². The van der Waals surface area contributed by atoms with E-state index in [4.69, 9.17) is 5.73 Å². The number of nitrogens with two attached hydrogens (primary N) is 1. The first-order valence-electron chi connectivity index (χ1n) is 8.91. The van der Waals surface area contributed by atoms with Crippen LogP contribution in [0, 0.1) is 17.2 Å². The molecule has 27 heavy (non-hydrogen) atoms. The molecular weight excluding hydrogens is 344 g/mol. The molecule has 0 bridgehead atoms. The highest BCUT2D eigenvalue weighted by Gasteiger charge is 2.50. The zero-order valence-electron chi connectivity index (χ0n) is 14.6. The number of anilines is 1. The second-order valence-corrected chi connectivity index (χ2v) is 7.36. The lowest BCUT2D eigenvalue weighted by molar-refractivity contribution is -0.144. The van der Waals surface area contributed by atoms with Crippen LogP contribution in [0.25, 0.3) is 22.3 Å². The summed E-state index contributed by atoms with van der Waals surface area (Å²) in [6.07, 6.45) is 7.33. The molecule has 0 atom stereocenters. The first kappa shape index (κ1) is 15.8. The molecule has 3 N–H and O–H groups in total. The number of likely N-dealkylation sites (tertiary alicyclic amines) is 1. The predicted molar refractivity (Wildman–Crippen MR) is 97.0 cm³/mol. The minimum Gasteiger partial charge on any atom is -0.382 e. The van der Waals surface area contributed by atoms with E-state index < -0.39 is 5.54 Å². The van der Waals surface area contributed by atoms with E-state index >= 15 is 0 Å². The van der Waals surface area contributed by atoms with Gasteiger partial charge in [0.1, 0.15) is 17.5 Å². The smallest absolute Gasteiger partial charge is 0.225 e. The number of nitrogens with zero attached hydrogens (tertiary/aromatic N) is 6. The van der Waals surface area contributed by atoms with Crippen molar-refractivity contribution in [1.29, 1.82) is 5.26 Å². The number of nitriles is 1. The molecule has 1 aliphatic heterocycles. The average molecular weight is 362 g/mol. The van der Waals surface area contributed by atoms with Crippen LogP contribution in [-0.4, -0.2) is 48.6 Å². The Morgan fingerprint density at radius 3 is 2.96 bits per heavy atom. The molecule has 0 radical (unpaired) electrons. The zero-order valence-corrected chi connectivity index (χ0v) is 14.6. The van der Waals surface area contributed by atoms with Crippen molar-refractivity contribution in [1.82, 2.24) is 29.6 Å². The molecule has 0 aromatic carbocycles. The van der Waals surface area contributed by atoms with Crippen molar-refractivity contribution in [3.63, 3.8) is 0 Å². The summed E-state index contributed by atoms with van der Waals surface area (Å²) in [5, 5.41) is 14.7. The van der Waals surface area contributed by atoms with Crippen molar-refractivity contribution in [2.75, 3.05) is 18.8 Å². The summed E-state index contributed by atoms with van der Waals surface area (Å²) in [7, 11) is 0. The highest BCUT2D eigenvalue weighted by atomic mass is 16.2. The van der Waals surface area contributed by atoms with Gasteiger partial charge in [0.25, 0.3) is 0 Å². The SMILES string of the molecule is N#CCC1(n2cc(-c3ncnc4[nH]ccc34)c(N)n2)CN(C(=O)C2CC2)C1. The zero-order chi connectivity index (χ0) is 18.6. The van der Waals surface area contributed by atoms with Crippen LogP contribution in [0.4, 0.5) is 5.82 Å². The first-order chi connectivity index (χ1) is 13.1. The fourth-order valence-corrected chi connectivity index (χ4v) is 3.79. The Morgan fingerprint density at radius 2 is 2.22 bits per heavy atom. The maximum absolute atomic E-state index is 12.3. The number of amides is 1. The number of hydrogen-bond donors (Lipinski definition) is 2. The molecule has 4 heterocycles. The van der Waals surface area contributed by atoms with Crippen molar-refractivity contribution in [2.45, 2.75) is 24.8 Å². The van der Waals surface area contributed by atoms with Gasteiger partial charge in [-0.1, -0.05) is 0 Å². The summed E-state index contributed by atoms with van der Waals surface area (Å²) in [5.41, 5.74) is 7.78. The van der Waals surface area contributed by atoms with Crippen LogP contribution >= 0.6 is 0 Å². The van der Waals surface area contributed by atoms with Gasteiger partial charge in [0, 0.05) is 36.8 Å². The molecule has 0 spiro atoms. The van der Waals surface area contributed by atoms with Gasteiger partial charge < -0.3 is 15.6 Å². The van der Waals surface area contributed by atoms with Gasteiger partial charge in [-0.3, -0.25) is 9.48 Å². The third kappa shape index (κ3) is 2.37. The summed E-state index contributed by atoms with van der Waals surface area (Å²) in [6.45, 7) is 0.972. The molecule has 5 rings (SSSR count). The quantitative estimate of drug-likeness (QED) is 0.719. The number of aromatic amines is 1. The number of carbonyl (C=O) groups is 1. The monoisotopic (exact) mass is 362 g/mol. The Labute approximate surface area is 154 Å². The molecule has 3 aromatic heterocycles. The van der Waals surface area contributed by atoms with E-state index in [0.717, 1.165) is 23.9 Å². The second-order valence-electron chi connectivity index (χ2n) is 7.36. The Bertz CT molecular complexity index is 1080. The molecule has 1 saturated heterocycles. The summed E-state index contributed by atoms with van der Waals surface area (Å²) < 4.78 is 1.75. The largest absolute Gasteiger partial charge is 0.382 e. The van der Waals surface area contributed by atoms with Crippen molar-refractivity contribution in [2.24, 2.45) is 5.92 Å². The summed E-state index contributed by atoms with van der Waals surface area (Å²) in [5.74, 6) is 0.709. The molecule has 9 nitrogen and oxygen atoms in total. The lowest BCUT2D eigenvalue weighted by Gasteiger charge is -2.49. The van der Waals surface area contributed by atoms with Gasteiger partial charge >= 0.3 is 0 Å². The maximum Gasteiger partial charge on any atom is 0.225 e. The highest BCUT2D eigenvalue weighted by Crippen LogP contribution is 2.40. The van der Waals surface area contributed by atoms with Gasteiger partial charge in [-0.2, -0.15) is 10.4 Å². The molecule has 1 aliphatic carbocycles. The predicted octanol–water partition coefficient (Wildman–Crippen LogP) is 1.26. The number of fused-ring (bicyclic) bond motifs is 1. The van der Waals surface area contributed by atoms with Crippen LogP contribution in [0.2, 0.25) is 0 Å². The lowest BCUT2D eigenvalue weighted by atomic mass is 9.86. The van der Waals surface area contributed by atoms with Crippen LogP contribution in [-0.2, 0) is 10.3 Å². The van der Waals surface area contributed by atoms with Gasteiger partial charge in [-0.05, 0) is 18.9 Å². The minimum absolute atomic E-state index is 0.172. The molecule has 136 valence electrons. The number of carbonyl (C=O) groups excluding carboxylic acids is 1. The van der Waals surface area contributed by atoms with Gasteiger partial charge in [-0.25, -0.2) is 9.97 Å². The summed E-state index contributed by atoms with van der Waals surface area (Å²) in [4.78, 5) is 25.7. The van der Waals surface area contributed by atoms with E-state index in [9.17, 15) is 10.1 Å². The summed E-state index contributed by atoms with van der Waals surface area (Å²) in [6, 6.07) is 4.13. The third-order valence-electron chi connectivity index (χ3n) is 5.45. The molecule has 1 saturated carbocycles. The molecule has 1 amide bonds. The van der Waals surface area contributed by atoms with E-state index in [1.807, 2.05) is 17.2 Å². The molecule has 3 aromatic rings. The minimum atomic E-state index is -0.532. The Morgan fingerprint density at radius 1 is 1.41 bits per heavy atom. The van der Waals surface area contributed by atoms with Gasteiger partial charge in [0.05, 0.1) is 23.7 Å². The van der Waals surface area contributed by atoms with Gasteiger partial charge in [0.2, 0.25) is 5.91 Å². The average Bonchev–Trinajstić information content (AvgIpc) is 3.24. The van der Waals surface area contributed by atoms with Gasteiger partial charge in [0.15, 0.2) is 5.82 Å². The van der Waals surface area contributed by atoms with Crippen LogP contribution in [0.3, 0.4) is 0 Å². The summed E-state index contributed by atoms with van der Waals surface area (Å²) >= 11 is 0. The molecule has 9 heteroatoms. The highest BCUT2D eigenvalue weighted by molar-refractivity contribution is 5.93. The Hall–Kier alpha value is -3.41. The van der Waals surface area contributed by atoms with Crippen molar-refractivity contribution in [3.05, 3.63) is 24.8 Å². The van der Waals surface area contributed by atoms with E-state index in [0.29, 0.717) is 30.2 Å². The van der Waals surface area contributed by atoms with Crippen LogP contribution < -0.4 is 5.73 Å². The van der Waals surface area contributed by atoms with Crippen molar-refractivity contribution < 1.29 is 4.79 Å². The first-order valence-corrected chi connectivity index (χ1v) is 8.91. The molecule has 2 aliphatic rings. The number of aromatic nitrogens is 5. The number of rotatable bonds is 4. The van der Waals surface area contributed by atoms with E-state index in [1.165, 1.54) is 6.33 Å². The van der Waals surface area contributed by atoms with E-state index in [2.05, 4.69) is 26.1 Å². The molecule has 0 unspecified atom stereocenters. The number of H-pyrrole nitrogens is 1. The normalized spacial score (nSPS) is 18.3. The number of hydrogen-bond acceptors (Lipinski definition) is 6. The van der Waals surface area contributed by atoms with E-state index in [-0.39, 0.29) is 18.2 Å².